The molecule has 2 N–H and O–H groups in total. The van der Waals surface area contributed by atoms with Crippen molar-refractivity contribution in [3.8, 4) is 0 Å². The fourth-order valence-electron chi connectivity index (χ4n) is 1.63. The highest BCUT2D eigenvalue weighted by atomic mass is 79.9. The molecule has 16 heavy (non-hydrogen) atoms. The lowest BCUT2D eigenvalue weighted by molar-refractivity contribution is 1.13. The van der Waals surface area contributed by atoms with Crippen LogP contribution in [-0.4, -0.2) is 4.98 Å². The van der Waals surface area contributed by atoms with E-state index < -0.39 is 0 Å². The van der Waals surface area contributed by atoms with Gasteiger partial charge in [-0.1, -0.05) is 40.2 Å². The van der Waals surface area contributed by atoms with Crippen LogP contribution in [0.1, 0.15) is 16.7 Å². The Hall–Kier alpha value is -1.35. The summed E-state index contributed by atoms with van der Waals surface area (Å²) in [4.78, 5) is 4.17. The van der Waals surface area contributed by atoms with Crippen LogP contribution in [0.2, 0.25) is 0 Å². The molecule has 0 aliphatic heterocycles. The summed E-state index contributed by atoms with van der Waals surface area (Å²) in [5.74, 6) is 0.612. The molecule has 0 saturated heterocycles. The summed E-state index contributed by atoms with van der Waals surface area (Å²) in [7, 11) is 0. The predicted octanol–water partition coefficient (Wildman–Crippen LogP) is 3.33. The lowest BCUT2D eigenvalue weighted by Gasteiger charge is -2.07. The first-order valence-corrected chi connectivity index (χ1v) is 5.90. The highest BCUT2D eigenvalue weighted by Crippen LogP contribution is 2.21. The molecular weight excluding hydrogens is 264 g/mol. The number of hydrogen-bond donors (Lipinski definition) is 1. The molecule has 1 aromatic heterocycles. The van der Waals surface area contributed by atoms with Gasteiger partial charge in [0.25, 0.3) is 0 Å². The molecular formula is C13H13BrN2. The highest BCUT2D eigenvalue weighted by molar-refractivity contribution is 9.10. The molecule has 1 aromatic carbocycles. The lowest BCUT2D eigenvalue weighted by Crippen LogP contribution is -1.99. The van der Waals surface area contributed by atoms with E-state index in [4.69, 9.17) is 5.73 Å². The molecule has 0 atom stereocenters. The van der Waals surface area contributed by atoms with Crippen LogP contribution in [-0.2, 0) is 6.42 Å². The number of aryl methyl sites for hydroxylation is 1. The van der Waals surface area contributed by atoms with E-state index in [1.807, 2.05) is 25.1 Å². The minimum Gasteiger partial charge on any atom is -0.383 e. The van der Waals surface area contributed by atoms with Crippen molar-refractivity contribution >= 4 is 21.7 Å². The maximum absolute atomic E-state index is 5.86. The molecule has 2 aromatic rings. The Morgan fingerprint density at radius 3 is 2.75 bits per heavy atom. The SMILES string of the molecule is Cc1cnc(N)c(Cc2ccccc2Br)c1. The Morgan fingerprint density at radius 2 is 2.00 bits per heavy atom. The van der Waals surface area contributed by atoms with Crippen LogP contribution in [0.4, 0.5) is 5.82 Å². The van der Waals surface area contributed by atoms with Gasteiger partial charge in [0.05, 0.1) is 0 Å². The monoisotopic (exact) mass is 276 g/mol. The molecule has 1 heterocycles. The van der Waals surface area contributed by atoms with Crippen molar-refractivity contribution < 1.29 is 0 Å². The number of nitrogens with zero attached hydrogens (tertiary/aromatic N) is 1. The highest BCUT2D eigenvalue weighted by Gasteiger charge is 2.04. The standard InChI is InChI=1S/C13H13BrN2/c1-9-6-11(13(15)16-8-9)7-10-4-2-3-5-12(10)14/h2-6,8H,7H2,1H3,(H2,15,16). The number of nitrogen functional groups attached to an aromatic ring is 1. The lowest BCUT2D eigenvalue weighted by atomic mass is 10.0. The third-order valence-electron chi connectivity index (χ3n) is 2.48. The van der Waals surface area contributed by atoms with E-state index in [0.29, 0.717) is 5.82 Å². The van der Waals surface area contributed by atoms with Crippen molar-refractivity contribution in [3.63, 3.8) is 0 Å². The van der Waals surface area contributed by atoms with Gasteiger partial charge in [-0.2, -0.15) is 0 Å². The quantitative estimate of drug-likeness (QED) is 0.914. The third-order valence-corrected chi connectivity index (χ3v) is 3.25. The molecule has 0 bridgehead atoms. The Kier molecular flexibility index (Phi) is 3.25. The Balaban J connectivity index is 2.34. The number of benzene rings is 1. The zero-order chi connectivity index (χ0) is 11.5. The molecule has 0 unspecified atom stereocenters. The first-order valence-electron chi connectivity index (χ1n) is 5.11. The van der Waals surface area contributed by atoms with E-state index in [0.717, 1.165) is 22.0 Å². The summed E-state index contributed by atoms with van der Waals surface area (Å²) in [5, 5.41) is 0. The minimum atomic E-state index is 0.612. The van der Waals surface area contributed by atoms with Gasteiger partial charge < -0.3 is 5.73 Å². The van der Waals surface area contributed by atoms with Crippen molar-refractivity contribution in [2.45, 2.75) is 13.3 Å². The number of rotatable bonds is 2. The predicted molar refractivity (Wildman–Crippen MR) is 70.3 cm³/mol. The van der Waals surface area contributed by atoms with Crippen molar-refractivity contribution in [1.82, 2.24) is 4.98 Å². The minimum absolute atomic E-state index is 0.612. The van der Waals surface area contributed by atoms with E-state index in [-0.39, 0.29) is 0 Å². The van der Waals surface area contributed by atoms with Crippen LogP contribution >= 0.6 is 15.9 Å². The second kappa shape index (κ2) is 4.66. The average Bonchev–Trinajstić information content (AvgIpc) is 2.27. The zero-order valence-corrected chi connectivity index (χ0v) is 10.7. The van der Waals surface area contributed by atoms with Gasteiger partial charge in [0.15, 0.2) is 0 Å². The fraction of sp³-hybridized carbons (Fsp3) is 0.154. The molecule has 2 nitrogen and oxygen atoms in total. The molecule has 2 rings (SSSR count). The fourth-order valence-corrected chi connectivity index (χ4v) is 2.05. The van der Waals surface area contributed by atoms with Gasteiger partial charge in [-0.3, -0.25) is 0 Å². The second-order valence-corrected chi connectivity index (χ2v) is 4.68. The van der Waals surface area contributed by atoms with Crippen LogP contribution in [0, 0.1) is 6.92 Å². The maximum Gasteiger partial charge on any atom is 0.126 e. The van der Waals surface area contributed by atoms with Gasteiger partial charge in [0.1, 0.15) is 5.82 Å². The number of nitrogens with two attached hydrogens (primary N) is 1. The summed E-state index contributed by atoms with van der Waals surface area (Å²) < 4.78 is 1.11. The van der Waals surface area contributed by atoms with E-state index in [2.05, 4.69) is 33.0 Å². The Morgan fingerprint density at radius 1 is 1.25 bits per heavy atom. The van der Waals surface area contributed by atoms with E-state index in [9.17, 15) is 0 Å². The molecule has 0 aliphatic rings. The van der Waals surface area contributed by atoms with E-state index >= 15 is 0 Å². The average molecular weight is 277 g/mol. The molecule has 0 radical (unpaired) electrons. The molecule has 0 aliphatic carbocycles. The van der Waals surface area contributed by atoms with Gasteiger partial charge in [0, 0.05) is 17.1 Å². The first-order chi connectivity index (χ1) is 7.66. The van der Waals surface area contributed by atoms with Crippen LogP contribution in [0.5, 0.6) is 0 Å². The third kappa shape index (κ3) is 2.42. The van der Waals surface area contributed by atoms with Crippen molar-refractivity contribution in [3.05, 3.63) is 57.7 Å². The Bertz CT molecular complexity index is 509. The van der Waals surface area contributed by atoms with Crippen LogP contribution in [0.15, 0.2) is 41.0 Å². The number of halogens is 1. The summed E-state index contributed by atoms with van der Waals surface area (Å²) >= 11 is 3.54. The molecule has 0 spiro atoms. The van der Waals surface area contributed by atoms with Gasteiger partial charge in [-0.25, -0.2) is 4.98 Å². The Labute approximate surface area is 104 Å². The molecule has 0 saturated carbocycles. The zero-order valence-electron chi connectivity index (χ0n) is 9.07. The summed E-state index contributed by atoms with van der Waals surface area (Å²) in [5.41, 5.74) is 9.30. The molecule has 3 heteroatoms. The topological polar surface area (TPSA) is 38.9 Å². The van der Waals surface area contributed by atoms with Crippen LogP contribution in [0.3, 0.4) is 0 Å². The van der Waals surface area contributed by atoms with Crippen molar-refractivity contribution in [2.24, 2.45) is 0 Å². The maximum atomic E-state index is 5.86. The molecule has 0 amide bonds. The van der Waals surface area contributed by atoms with Crippen LogP contribution in [0.25, 0.3) is 0 Å². The number of hydrogen-bond acceptors (Lipinski definition) is 2. The smallest absolute Gasteiger partial charge is 0.126 e. The largest absolute Gasteiger partial charge is 0.383 e. The van der Waals surface area contributed by atoms with Crippen molar-refractivity contribution in [1.29, 1.82) is 0 Å². The number of pyridine rings is 1. The molecule has 82 valence electrons. The summed E-state index contributed by atoms with van der Waals surface area (Å²) in [6, 6.07) is 10.2. The summed E-state index contributed by atoms with van der Waals surface area (Å²) in [6.45, 7) is 2.02. The van der Waals surface area contributed by atoms with E-state index in [1.54, 1.807) is 6.20 Å². The van der Waals surface area contributed by atoms with Gasteiger partial charge in [-0.05, 0) is 29.7 Å². The second-order valence-electron chi connectivity index (χ2n) is 3.83. The van der Waals surface area contributed by atoms with Crippen molar-refractivity contribution in [2.75, 3.05) is 5.73 Å². The normalized spacial score (nSPS) is 10.4. The summed E-state index contributed by atoms with van der Waals surface area (Å²) in [6.07, 6.45) is 2.60. The number of anilines is 1. The van der Waals surface area contributed by atoms with Gasteiger partial charge in [-0.15, -0.1) is 0 Å². The van der Waals surface area contributed by atoms with Crippen LogP contribution < -0.4 is 5.73 Å². The van der Waals surface area contributed by atoms with Gasteiger partial charge >= 0.3 is 0 Å². The number of aromatic nitrogens is 1. The molecule has 0 fully saturated rings. The van der Waals surface area contributed by atoms with E-state index in [1.165, 1.54) is 5.56 Å². The van der Waals surface area contributed by atoms with Gasteiger partial charge in [0.2, 0.25) is 0 Å². The first kappa shape index (κ1) is 11.1.